The van der Waals surface area contributed by atoms with Gasteiger partial charge in [0.25, 0.3) is 5.56 Å². The van der Waals surface area contributed by atoms with Gasteiger partial charge in [-0.3, -0.25) is 14.2 Å². The zero-order chi connectivity index (χ0) is 15.0. The molecule has 0 spiro atoms. The van der Waals surface area contributed by atoms with Crippen LogP contribution in [0.15, 0.2) is 40.1 Å². The molecule has 1 unspecified atom stereocenters. The quantitative estimate of drug-likeness (QED) is 0.853. The summed E-state index contributed by atoms with van der Waals surface area (Å²) >= 11 is 0. The number of carbonyl (C=O) groups is 1. The Morgan fingerprint density at radius 2 is 2.05 bits per heavy atom. The van der Waals surface area contributed by atoms with Crippen LogP contribution in [-0.2, 0) is 6.42 Å². The second kappa shape index (κ2) is 5.16. The molecular formula is C16H16N2O3. The van der Waals surface area contributed by atoms with Gasteiger partial charge in [-0.1, -0.05) is 24.3 Å². The van der Waals surface area contributed by atoms with E-state index in [4.69, 9.17) is 0 Å². The number of aromatic amines is 1. The molecule has 0 bridgehead atoms. The van der Waals surface area contributed by atoms with Crippen LogP contribution >= 0.6 is 0 Å². The van der Waals surface area contributed by atoms with Crippen LogP contribution in [0.1, 0.15) is 47.3 Å². The SMILES string of the molecule is CC(=O)c1c[nH]c(=O)n(C2CCCc3ccccc32)c1=O. The monoisotopic (exact) mass is 284 g/mol. The van der Waals surface area contributed by atoms with Gasteiger partial charge in [-0.25, -0.2) is 4.79 Å². The maximum Gasteiger partial charge on any atom is 0.328 e. The number of aromatic nitrogens is 2. The van der Waals surface area contributed by atoms with Gasteiger partial charge in [0.15, 0.2) is 5.78 Å². The molecular weight excluding hydrogens is 268 g/mol. The molecule has 1 aromatic heterocycles. The fraction of sp³-hybridized carbons (Fsp3) is 0.312. The minimum Gasteiger partial charge on any atom is -0.313 e. The van der Waals surface area contributed by atoms with E-state index in [9.17, 15) is 14.4 Å². The van der Waals surface area contributed by atoms with Crippen molar-refractivity contribution in [3.8, 4) is 0 Å². The molecule has 1 N–H and O–H groups in total. The Morgan fingerprint density at radius 3 is 2.81 bits per heavy atom. The number of hydrogen-bond acceptors (Lipinski definition) is 3. The number of rotatable bonds is 2. The van der Waals surface area contributed by atoms with E-state index in [0.717, 1.165) is 30.4 Å². The number of hydrogen-bond donors (Lipinski definition) is 1. The number of nitrogens with zero attached hydrogens (tertiary/aromatic N) is 1. The van der Waals surface area contributed by atoms with Crippen molar-refractivity contribution in [2.45, 2.75) is 32.2 Å². The van der Waals surface area contributed by atoms with Crippen LogP contribution in [0.5, 0.6) is 0 Å². The summed E-state index contributed by atoms with van der Waals surface area (Å²) in [5.74, 6) is -0.339. The van der Waals surface area contributed by atoms with E-state index in [1.807, 2.05) is 24.3 Å². The Hall–Kier alpha value is -2.43. The van der Waals surface area contributed by atoms with Gasteiger partial charge in [0.1, 0.15) is 0 Å². The van der Waals surface area contributed by atoms with E-state index >= 15 is 0 Å². The number of ketones is 1. The lowest BCUT2D eigenvalue weighted by Crippen LogP contribution is -2.41. The molecule has 5 heteroatoms. The highest BCUT2D eigenvalue weighted by molar-refractivity contribution is 5.93. The number of carbonyl (C=O) groups excluding carboxylic acids is 1. The van der Waals surface area contributed by atoms with E-state index in [-0.39, 0.29) is 17.4 Å². The lowest BCUT2D eigenvalue weighted by atomic mass is 9.87. The van der Waals surface area contributed by atoms with Gasteiger partial charge in [0, 0.05) is 6.20 Å². The Balaban J connectivity index is 2.23. The molecule has 1 heterocycles. The third-order valence-corrected chi connectivity index (χ3v) is 4.04. The molecule has 0 saturated heterocycles. The number of Topliss-reactive ketones (excluding diaryl/α,β-unsaturated/α-hetero) is 1. The highest BCUT2D eigenvalue weighted by atomic mass is 16.2. The van der Waals surface area contributed by atoms with Gasteiger partial charge < -0.3 is 4.98 Å². The predicted octanol–water partition coefficient (Wildman–Crippen LogP) is 1.66. The zero-order valence-electron chi connectivity index (χ0n) is 11.8. The number of fused-ring (bicyclic) bond motifs is 1. The van der Waals surface area contributed by atoms with Gasteiger partial charge in [-0.2, -0.15) is 0 Å². The Bertz CT molecular complexity index is 817. The molecule has 0 saturated carbocycles. The second-order valence-corrected chi connectivity index (χ2v) is 5.35. The fourth-order valence-electron chi connectivity index (χ4n) is 3.02. The Labute approximate surface area is 121 Å². The lowest BCUT2D eigenvalue weighted by Gasteiger charge is -2.26. The average Bonchev–Trinajstić information content (AvgIpc) is 2.47. The molecule has 0 aliphatic heterocycles. The Morgan fingerprint density at radius 1 is 1.29 bits per heavy atom. The molecule has 21 heavy (non-hydrogen) atoms. The summed E-state index contributed by atoms with van der Waals surface area (Å²) in [4.78, 5) is 38.6. The summed E-state index contributed by atoms with van der Waals surface area (Å²) in [5.41, 5.74) is 1.21. The molecule has 0 amide bonds. The molecule has 5 nitrogen and oxygen atoms in total. The molecule has 3 rings (SSSR count). The molecule has 1 aliphatic carbocycles. The minimum atomic E-state index is -0.507. The normalized spacial score (nSPS) is 17.3. The summed E-state index contributed by atoms with van der Waals surface area (Å²) in [5, 5.41) is 0. The molecule has 0 radical (unpaired) electrons. The van der Waals surface area contributed by atoms with E-state index < -0.39 is 11.2 Å². The van der Waals surface area contributed by atoms with Crippen molar-refractivity contribution in [1.29, 1.82) is 0 Å². The van der Waals surface area contributed by atoms with Gasteiger partial charge in [-0.15, -0.1) is 0 Å². The summed E-state index contributed by atoms with van der Waals surface area (Å²) in [6.45, 7) is 1.33. The largest absolute Gasteiger partial charge is 0.328 e. The van der Waals surface area contributed by atoms with Crippen molar-refractivity contribution < 1.29 is 4.79 Å². The van der Waals surface area contributed by atoms with E-state index in [1.54, 1.807) is 0 Å². The first-order valence-corrected chi connectivity index (χ1v) is 7.02. The van der Waals surface area contributed by atoms with Gasteiger partial charge in [0.2, 0.25) is 0 Å². The third kappa shape index (κ3) is 2.24. The van der Waals surface area contributed by atoms with E-state index in [0.29, 0.717) is 0 Å². The van der Waals surface area contributed by atoms with Gasteiger partial charge in [-0.05, 0) is 37.3 Å². The molecule has 108 valence electrons. The average molecular weight is 284 g/mol. The van der Waals surface area contributed by atoms with E-state index in [2.05, 4.69) is 4.98 Å². The molecule has 1 aliphatic rings. The van der Waals surface area contributed by atoms with Crippen LogP contribution in [0.3, 0.4) is 0 Å². The van der Waals surface area contributed by atoms with Gasteiger partial charge >= 0.3 is 5.69 Å². The lowest BCUT2D eigenvalue weighted by molar-refractivity contribution is 0.101. The molecule has 0 fully saturated rings. The summed E-state index contributed by atoms with van der Waals surface area (Å²) in [7, 11) is 0. The van der Waals surface area contributed by atoms with Crippen molar-refractivity contribution in [2.24, 2.45) is 0 Å². The summed E-state index contributed by atoms with van der Waals surface area (Å²) in [6, 6.07) is 7.54. The van der Waals surface area contributed by atoms with Crippen LogP contribution in [0, 0.1) is 0 Å². The zero-order valence-corrected chi connectivity index (χ0v) is 11.8. The van der Waals surface area contributed by atoms with Crippen molar-refractivity contribution in [3.05, 3.63) is 68.0 Å². The van der Waals surface area contributed by atoms with Crippen molar-refractivity contribution in [2.75, 3.05) is 0 Å². The summed E-state index contributed by atoms with van der Waals surface area (Å²) < 4.78 is 1.19. The number of aryl methyl sites for hydroxylation is 1. The maximum absolute atomic E-state index is 12.5. The van der Waals surface area contributed by atoms with Crippen LogP contribution in [-0.4, -0.2) is 15.3 Å². The van der Waals surface area contributed by atoms with Crippen molar-refractivity contribution >= 4 is 5.78 Å². The first kappa shape index (κ1) is 13.5. The van der Waals surface area contributed by atoms with E-state index in [1.165, 1.54) is 17.7 Å². The first-order chi connectivity index (χ1) is 10.1. The smallest absolute Gasteiger partial charge is 0.313 e. The van der Waals surface area contributed by atoms with Crippen molar-refractivity contribution in [3.63, 3.8) is 0 Å². The summed E-state index contributed by atoms with van der Waals surface area (Å²) in [6.07, 6.45) is 3.79. The highest BCUT2D eigenvalue weighted by Gasteiger charge is 2.25. The van der Waals surface area contributed by atoms with Crippen LogP contribution < -0.4 is 11.2 Å². The van der Waals surface area contributed by atoms with Crippen LogP contribution in [0.2, 0.25) is 0 Å². The fourth-order valence-corrected chi connectivity index (χ4v) is 3.02. The third-order valence-electron chi connectivity index (χ3n) is 4.04. The van der Waals surface area contributed by atoms with Crippen LogP contribution in [0.25, 0.3) is 0 Å². The molecule has 2 aromatic rings. The van der Waals surface area contributed by atoms with Crippen LogP contribution in [0.4, 0.5) is 0 Å². The number of benzene rings is 1. The molecule has 1 atom stereocenters. The molecule has 1 aromatic carbocycles. The number of H-pyrrole nitrogens is 1. The number of nitrogens with one attached hydrogen (secondary N) is 1. The standard InChI is InChI=1S/C16H16N2O3/c1-10(19)13-9-17-16(21)18(15(13)20)14-8-4-6-11-5-2-3-7-12(11)14/h2-3,5,7,9,14H,4,6,8H2,1H3,(H,17,21). The predicted molar refractivity (Wildman–Crippen MR) is 78.8 cm³/mol. The second-order valence-electron chi connectivity index (χ2n) is 5.35. The maximum atomic E-state index is 12.5. The van der Waals surface area contributed by atoms with Crippen molar-refractivity contribution in [1.82, 2.24) is 9.55 Å². The minimum absolute atomic E-state index is 0.0256. The van der Waals surface area contributed by atoms with Gasteiger partial charge in [0.05, 0.1) is 11.6 Å². The first-order valence-electron chi connectivity index (χ1n) is 7.02. The topological polar surface area (TPSA) is 71.9 Å². The highest BCUT2D eigenvalue weighted by Crippen LogP contribution is 2.30. The Kier molecular flexibility index (Phi) is 3.33.